The van der Waals surface area contributed by atoms with Gasteiger partial charge in [0.2, 0.25) is 5.09 Å². The van der Waals surface area contributed by atoms with Gasteiger partial charge in [0, 0.05) is 10.9 Å². The van der Waals surface area contributed by atoms with Crippen molar-refractivity contribution in [1.29, 1.82) is 0 Å². The summed E-state index contributed by atoms with van der Waals surface area (Å²) in [4.78, 5) is 0. The number of sulfonamides is 1. The van der Waals surface area contributed by atoms with Gasteiger partial charge in [0.1, 0.15) is 5.58 Å². The molecule has 0 saturated heterocycles. The van der Waals surface area contributed by atoms with Crippen LogP contribution in [0.4, 0.5) is 0 Å². The second kappa shape index (κ2) is 2.83. The van der Waals surface area contributed by atoms with Crippen molar-refractivity contribution in [3.8, 4) is 0 Å². The third-order valence-corrected chi connectivity index (χ3v) is 2.96. The number of hydrogen-bond acceptors (Lipinski definition) is 3. The standard InChI is InChI=1S/C9H9NO3S/c1-6-7-4-2-3-5-8(7)13-9(6)14(10,11)12/h2-5H,1H3,(H2,10,11,12). The summed E-state index contributed by atoms with van der Waals surface area (Å²) in [5.41, 5.74) is 1.09. The van der Waals surface area contributed by atoms with Gasteiger partial charge in [-0.2, -0.15) is 0 Å². The monoisotopic (exact) mass is 211 g/mol. The van der Waals surface area contributed by atoms with Crippen LogP contribution in [0.25, 0.3) is 11.0 Å². The largest absolute Gasteiger partial charge is 0.443 e. The molecule has 0 aliphatic carbocycles. The predicted octanol–water partition coefficient (Wildman–Crippen LogP) is 1.39. The van der Waals surface area contributed by atoms with Gasteiger partial charge >= 0.3 is 0 Å². The minimum atomic E-state index is -3.76. The van der Waals surface area contributed by atoms with Crippen molar-refractivity contribution in [2.45, 2.75) is 12.0 Å². The molecule has 0 aliphatic heterocycles. The zero-order valence-electron chi connectivity index (χ0n) is 7.52. The Morgan fingerprint density at radius 2 is 1.93 bits per heavy atom. The zero-order chi connectivity index (χ0) is 10.3. The molecule has 2 N–H and O–H groups in total. The lowest BCUT2D eigenvalue weighted by molar-refractivity contribution is 0.478. The van der Waals surface area contributed by atoms with Crippen LogP contribution in [-0.4, -0.2) is 8.42 Å². The Bertz CT molecular complexity index is 583. The Hall–Kier alpha value is -1.33. The van der Waals surface area contributed by atoms with Gasteiger partial charge in [-0.15, -0.1) is 0 Å². The molecule has 2 aromatic rings. The first-order valence-electron chi connectivity index (χ1n) is 4.01. The molecule has 0 bridgehead atoms. The number of nitrogens with two attached hydrogens (primary N) is 1. The van der Waals surface area contributed by atoms with Gasteiger partial charge in [0.15, 0.2) is 0 Å². The normalized spacial score (nSPS) is 12.1. The topological polar surface area (TPSA) is 73.3 Å². The SMILES string of the molecule is Cc1c(S(N)(=O)=O)oc2ccccc12. The number of fused-ring (bicyclic) bond motifs is 1. The van der Waals surface area contributed by atoms with E-state index in [1.54, 1.807) is 25.1 Å². The summed E-state index contributed by atoms with van der Waals surface area (Å²) in [6.07, 6.45) is 0. The summed E-state index contributed by atoms with van der Waals surface area (Å²) in [7, 11) is -3.76. The van der Waals surface area contributed by atoms with E-state index in [-0.39, 0.29) is 5.09 Å². The maximum atomic E-state index is 11.1. The molecular weight excluding hydrogens is 202 g/mol. The maximum absolute atomic E-state index is 11.1. The third-order valence-electron chi connectivity index (χ3n) is 2.06. The van der Waals surface area contributed by atoms with Crippen molar-refractivity contribution < 1.29 is 12.8 Å². The van der Waals surface area contributed by atoms with E-state index in [9.17, 15) is 8.42 Å². The fourth-order valence-corrected chi connectivity index (χ4v) is 2.17. The number of primary sulfonamides is 1. The molecule has 0 spiro atoms. The van der Waals surface area contributed by atoms with Crippen LogP contribution < -0.4 is 5.14 Å². The van der Waals surface area contributed by atoms with Gasteiger partial charge in [0.05, 0.1) is 0 Å². The molecule has 1 heterocycles. The Balaban J connectivity index is 2.89. The van der Waals surface area contributed by atoms with Crippen LogP contribution in [0, 0.1) is 6.92 Å². The quantitative estimate of drug-likeness (QED) is 0.774. The highest BCUT2D eigenvalue weighted by Gasteiger charge is 2.19. The summed E-state index contributed by atoms with van der Waals surface area (Å²) in [6.45, 7) is 1.67. The van der Waals surface area contributed by atoms with E-state index in [4.69, 9.17) is 9.56 Å². The van der Waals surface area contributed by atoms with Crippen molar-refractivity contribution >= 4 is 21.0 Å². The molecule has 0 atom stereocenters. The minimum Gasteiger partial charge on any atom is -0.443 e. The second-order valence-corrected chi connectivity index (χ2v) is 4.52. The van der Waals surface area contributed by atoms with Gasteiger partial charge in [-0.1, -0.05) is 18.2 Å². The highest BCUT2D eigenvalue weighted by molar-refractivity contribution is 7.89. The van der Waals surface area contributed by atoms with E-state index in [0.717, 1.165) is 5.39 Å². The molecule has 4 nitrogen and oxygen atoms in total. The number of hydrogen-bond donors (Lipinski definition) is 1. The highest BCUT2D eigenvalue weighted by Crippen LogP contribution is 2.27. The van der Waals surface area contributed by atoms with E-state index in [1.165, 1.54) is 0 Å². The fourth-order valence-electron chi connectivity index (χ4n) is 1.42. The average molecular weight is 211 g/mol. The Morgan fingerprint density at radius 1 is 1.29 bits per heavy atom. The lowest BCUT2D eigenvalue weighted by Gasteiger charge is -1.91. The van der Waals surface area contributed by atoms with Crippen LogP contribution in [0.5, 0.6) is 0 Å². The smallest absolute Gasteiger partial charge is 0.271 e. The van der Waals surface area contributed by atoms with E-state index in [2.05, 4.69) is 0 Å². The molecule has 0 radical (unpaired) electrons. The van der Waals surface area contributed by atoms with Crippen LogP contribution in [0.3, 0.4) is 0 Å². The first kappa shape index (κ1) is 9.23. The predicted molar refractivity (Wildman–Crippen MR) is 52.3 cm³/mol. The average Bonchev–Trinajstić information content (AvgIpc) is 2.44. The lowest BCUT2D eigenvalue weighted by atomic mass is 10.2. The number of benzene rings is 1. The lowest BCUT2D eigenvalue weighted by Crippen LogP contribution is -2.12. The molecule has 0 aliphatic rings. The molecule has 14 heavy (non-hydrogen) atoms. The van der Waals surface area contributed by atoms with E-state index in [0.29, 0.717) is 11.1 Å². The summed E-state index contributed by atoms with van der Waals surface area (Å²) in [6, 6.07) is 7.09. The second-order valence-electron chi connectivity index (χ2n) is 3.06. The van der Waals surface area contributed by atoms with Gasteiger partial charge in [-0.05, 0) is 13.0 Å². The summed E-state index contributed by atoms with van der Waals surface area (Å²) in [5.74, 6) is 0. The molecule has 2 rings (SSSR count). The van der Waals surface area contributed by atoms with Gasteiger partial charge in [0.25, 0.3) is 10.0 Å². The zero-order valence-corrected chi connectivity index (χ0v) is 8.34. The maximum Gasteiger partial charge on any atom is 0.271 e. The summed E-state index contributed by atoms with van der Waals surface area (Å²) in [5, 5.41) is 5.62. The molecule has 1 aromatic carbocycles. The van der Waals surface area contributed by atoms with Crippen LogP contribution in [0.15, 0.2) is 33.8 Å². The molecule has 0 amide bonds. The number of furan rings is 1. The van der Waals surface area contributed by atoms with Crippen molar-refractivity contribution in [2.24, 2.45) is 5.14 Å². The van der Waals surface area contributed by atoms with Gasteiger partial charge in [-0.3, -0.25) is 0 Å². The van der Waals surface area contributed by atoms with Crippen LogP contribution in [0.1, 0.15) is 5.56 Å². The van der Waals surface area contributed by atoms with Gasteiger partial charge in [-0.25, -0.2) is 13.6 Å². The van der Waals surface area contributed by atoms with E-state index >= 15 is 0 Å². The minimum absolute atomic E-state index is 0.154. The first-order chi connectivity index (χ1) is 6.50. The summed E-state index contributed by atoms with van der Waals surface area (Å²) >= 11 is 0. The fraction of sp³-hybridized carbons (Fsp3) is 0.111. The van der Waals surface area contributed by atoms with Crippen LogP contribution >= 0.6 is 0 Å². The third kappa shape index (κ3) is 1.30. The highest BCUT2D eigenvalue weighted by atomic mass is 32.2. The molecule has 1 aromatic heterocycles. The van der Waals surface area contributed by atoms with Crippen LogP contribution in [-0.2, 0) is 10.0 Å². The molecule has 0 fully saturated rings. The van der Waals surface area contributed by atoms with E-state index < -0.39 is 10.0 Å². The summed E-state index contributed by atoms with van der Waals surface area (Å²) < 4.78 is 27.4. The Labute approximate surface area is 81.4 Å². The van der Waals surface area contributed by atoms with Crippen molar-refractivity contribution in [1.82, 2.24) is 0 Å². The first-order valence-corrected chi connectivity index (χ1v) is 5.56. The molecule has 5 heteroatoms. The van der Waals surface area contributed by atoms with Gasteiger partial charge < -0.3 is 4.42 Å². The number of rotatable bonds is 1. The van der Waals surface area contributed by atoms with Crippen molar-refractivity contribution in [2.75, 3.05) is 0 Å². The van der Waals surface area contributed by atoms with Crippen molar-refractivity contribution in [3.63, 3.8) is 0 Å². The molecule has 0 saturated carbocycles. The van der Waals surface area contributed by atoms with Crippen LogP contribution in [0.2, 0.25) is 0 Å². The Morgan fingerprint density at radius 3 is 2.50 bits per heavy atom. The number of aryl methyl sites for hydroxylation is 1. The molecule has 74 valence electrons. The van der Waals surface area contributed by atoms with Crippen molar-refractivity contribution in [3.05, 3.63) is 29.8 Å². The molecule has 0 unspecified atom stereocenters. The Kier molecular flexibility index (Phi) is 1.87. The number of para-hydroxylation sites is 1. The molecular formula is C9H9NO3S. The van der Waals surface area contributed by atoms with E-state index in [1.807, 2.05) is 6.07 Å².